The number of aromatic nitrogens is 2. The van der Waals surface area contributed by atoms with Crippen LogP contribution in [0.2, 0.25) is 0 Å². The molecule has 1 aromatic carbocycles. The van der Waals surface area contributed by atoms with Crippen LogP contribution in [-0.2, 0) is 13.5 Å². The average molecular weight is 326 g/mol. The Morgan fingerprint density at radius 1 is 1.42 bits per heavy atom. The van der Waals surface area contributed by atoms with Gasteiger partial charge in [0.05, 0.1) is 0 Å². The van der Waals surface area contributed by atoms with Gasteiger partial charge in [-0.3, -0.25) is 4.68 Å². The van der Waals surface area contributed by atoms with Gasteiger partial charge in [-0.15, -0.1) is 0 Å². The highest BCUT2D eigenvalue weighted by Gasteiger charge is 2.15. The summed E-state index contributed by atoms with van der Waals surface area (Å²) in [5.41, 5.74) is 1.84. The summed E-state index contributed by atoms with van der Waals surface area (Å²) in [6.07, 6.45) is 3.46. The van der Waals surface area contributed by atoms with Crippen molar-refractivity contribution in [3.05, 3.63) is 52.0 Å². The molecule has 2 rings (SSSR count). The fourth-order valence-electron chi connectivity index (χ4n) is 2.18. The van der Waals surface area contributed by atoms with Gasteiger partial charge in [0.2, 0.25) is 0 Å². The Morgan fingerprint density at radius 3 is 2.84 bits per heavy atom. The number of rotatable bonds is 5. The first-order chi connectivity index (χ1) is 9.11. The molecule has 5 heteroatoms. The van der Waals surface area contributed by atoms with Crippen molar-refractivity contribution < 1.29 is 4.39 Å². The molecule has 3 nitrogen and oxygen atoms in total. The molecule has 0 amide bonds. The summed E-state index contributed by atoms with van der Waals surface area (Å²) < 4.78 is 16.6. The first-order valence-corrected chi connectivity index (χ1v) is 7.00. The Morgan fingerprint density at radius 2 is 2.21 bits per heavy atom. The van der Waals surface area contributed by atoms with E-state index in [1.165, 1.54) is 6.07 Å². The number of nitrogens with one attached hydrogen (secondary N) is 1. The van der Waals surface area contributed by atoms with E-state index in [1.54, 1.807) is 12.3 Å². The maximum Gasteiger partial charge on any atom is 0.128 e. The fourth-order valence-corrected chi connectivity index (χ4v) is 2.55. The Labute approximate surface area is 121 Å². The van der Waals surface area contributed by atoms with Crippen LogP contribution >= 0.6 is 15.9 Å². The Balaban J connectivity index is 2.12. The smallest absolute Gasteiger partial charge is 0.128 e. The molecule has 1 atom stereocenters. The lowest BCUT2D eigenvalue weighted by Gasteiger charge is -2.17. The fraction of sp³-hybridized carbons (Fsp3) is 0.357. The van der Waals surface area contributed by atoms with Crippen LogP contribution in [0.1, 0.15) is 23.7 Å². The lowest BCUT2D eigenvalue weighted by molar-refractivity contribution is 0.501. The van der Waals surface area contributed by atoms with Gasteiger partial charge in [-0.25, -0.2) is 4.39 Å². The minimum Gasteiger partial charge on any atom is -0.313 e. The summed E-state index contributed by atoms with van der Waals surface area (Å²) >= 11 is 3.39. The third-order valence-corrected chi connectivity index (χ3v) is 3.79. The van der Waals surface area contributed by atoms with E-state index in [-0.39, 0.29) is 11.9 Å². The molecule has 0 aliphatic carbocycles. The van der Waals surface area contributed by atoms with Gasteiger partial charge >= 0.3 is 0 Å². The second-order valence-electron chi connectivity index (χ2n) is 4.49. The molecule has 1 unspecified atom stereocenters. The van der Waals surface area contributed by atoms with Crippen molar-refractivity contribution in [2.75, 3.05) is 7.05 Å². The molecule has 1 aromatic heterocycles. The Kier molecular flexibility index (Phi) is 4.71. The number of hydrogen-bond acceptors (Lipinski definition) is 2. The van der Waals surface area contributed by atoms with Gasteiger partial charge in [-0.2, -0.15) is 5.10 Å². The standard InChI is InChI=1S/C14H17BrFN3/c1-17-14(6-4-11-7-8-18-19(11)2)12-9-10(15)3-5-13(12)16/h3,5,7-9,14,17H,4,6H2,1-2H3. The maximum atomic E-state index is 13.9. The van der Waals surface area contributed by atoms with Crippen LogP contribution in [0, 0.1) is 5.82 Å². The Bertz CT molecular complexity index is 553. The van der Waals surface area contributed by atoms with Crippen molar-refractivity contribution in [1.82, 2.24) is 15.1 Å². The van der Waals surface area contributed by atoms with Crippen molar-refractivity contribution in [2.45, 2.75) is 18.9 Å². The number of benzene rings is 1. The number of hydrogen-bond donors (Lipinski definition) is 1. The van der Waals surface area contributed by atoms with Crippen LogP contribution in [-0.4, -0.2) is 16.8 Å². The first-order valence-electron chi connectivity index (χ1n) is 6.21. The predicted molar refractivity (Wildman–Crippen MR) is 77.4 cm³/mol. The summed E-state index contributed by atoms with van der Waals surface area (Å²) in [6.45, 7) is 0. The van der Waals surface area contributed by atoms with Gasteiger partial charge in [0.25, 0.3) is 0 Å². The van der Waals surface area contributed by atoms with Gasteiger partial charge in [-0.05, 0) is 44.2 Å². The average Bonchev–Trinajstić information content (AvgIpc) is 2.80. The molecule has 0 saturated carbocycles. The minimum atomic E-state index is -0.174. The summed E-state index contributed by atoms with van der Waals surface area (Å²) in [7, 11) is 3.78. The van der Waals surface area contributed by atoms with Crippen molar-refractivity contribution >= 4 is 15.9 Å². The zero-order valence-electron chi connectivity index (χ0n) is 11.0. The van der Waals surface area contributed by atoms with Gasteiger partial charge < -0.3 is 5.32 Å². The van der Waals surface area contributed by atoms with Gasteiger partial charge in [-0.1, -0.05) is 15.9 Å². The monoisotopic (exact) mass is 325 g/mol. The van der Waals surface area contributed by atoms with Crippen molar-refractivity contribution in [2.24, 2.45) is 7.05 Å². The van der Waals surface area contributed by atoms with Crippen molar-refractivity contribution in [1.29, 1.82) is 0 Å². The topological polar surface area (TPSA) is 29.9 Å². The van der Waals surface area contributed by atoms with Gasteiger partial charge in [0.15, 0.2) is 0 Å². The molecule has 2 aromatic rings. The Hall–Kier alpha value is -1.20. The molecule has 0 aliphatic rings. The molecule has 0 radical (unpaired) electrons. The molecule has 0 fully saturated rings. The quantitative estimate of drug-likeness (QED) is 0.914. The predicted octanol–water partition coefficient (Wildman–Crippen LogP) is 3.22. The van der Waals surface area contributed by atoms with Crippen LogP contribution in [0.3, 0.4) is 0 Å². The summed E-state index contributed by atoms with van der Waals surface area (Å²) in [6, 6.07) is 7.02. The molecule has 1 N–H and O–H groups in total. The normalized spacial score (nSPS) is 12.6. The van der Waals surface area contributed by atoms with E-state index >= 15 is 0 Å². The number of nitrogens with zero attached hydrogens (tertiary/aromatic N) is 2. The highest BCUT2D eigenvalue weighted by Crippen LogP contribution is 2.25. The summed E-state index contributed by atoms with van der Waals surface area (Å²) in [5.74, 6) is -0.174. The zero-order chi connectivity index (χ0) is 13.8. The largest absolute Gasteiger partial charge is 0.313 e. The van der Waals surface area contributed by atoms with Crippen LogP contribution in [0.15, 0.2) is 34.9 Å². The van der Waals surface area contributed by atoms with E-state index in [9.17, 15) is 4.39 Å². The summed E-state index contributed by atoms with van der Waals surface area (Å²) in [5, 5.41) is 7.32. The zero-order valence-corrected chi connectivity index (χ0v) is 12.6. The van der Waals surface area contributed by atoms with E-state index in [4.69, 9.17) is 0 Å². The third kappa shape index (κ3) is 3.42. The molecule has 0 spiro atoms. The maximum absolute atomic E-state index is 13.9. The van der Waals surface area contributed by atoms with E-state index in [0.717, 1.165) is 23.0 Å². The minimum absolute atomic E-state index is 0.00704. The van der Waals surface area contributed by atoms with Crippen molar-refractivity contribution in [3.8, 4) is 0 Å². The number of aryl methyl sites for hydroxylation is 2. The van der Waals surface area contributed by atoms with Crippen LogP contribution in [0.25, 0.3) is 0 Å². The van der Waals surface area contributed by atoms with E-state index in [0.29, 0.717) is 5.56 Å². The second kappa shape index (κ2) is 6.30. The van der Waals surface area contributed by atoms with Crippen LogP contribution < -0.4 is 5.32 Å². The van der Waals surface area contributed by atoms with E-state index in [2.05, 4.69) is 26.3 Å². The van der Waals surface area contributed by atoms with Crippen LogP contribution in [0.4, 0.5) is 4.39 Å². The highest BCUT2D eigenvalue weighted by molar-refractivity contribution is 9.10. The SMILES string of the molecule is CNC(CCc1ccnn1C)c1cc(Br)ccc1F. The van der Waals surface area contributed by atoms with Gasteiger partial charge in [0, 0.05) is 35.0 Å². The molecule has 0 bridgehead atoms. The summed E-state index contributed by atoms with van der Waals surface area (Å²) in [4.78, 5) is 0. The molecule has 0 aliphatic heterocycles. The van der Waals surface area contributed by atoms with Crippen LogP contribution in [0.5, 0.6) is 0 Å². The molecule has 102 valence electrons. The highest BCUT2D eigenvalue weighted by atomic mass is 79.9. The molecule has 0 saturated heterocycles. The second-order valence-corrected chi connectivity index (χ2v) is 5.41. The lowest BCUT2D eigenvalue weighted by atomic mass is 10.0. The van der Waals surface area contributed by atoms with E-state index in [1.807, 2.05) is 30.9 Å². The van der Waals surface area contributed by atoms with Crippen molar-refractivity contribution in [3.63, 3.8) is 0 Å². The van der Waals surface area contributed by atoms with E-state index < -0.39 is 0 Å². The number of halogens is 2. The molecular weight excluding hydrogens is 309 g/mol. The molecule has 1 heterocycles. The molecule has 19 heavy (non-hydrogen) atoms. The molecular formula is C14H17BrFN3. The lowest BCUT2D eigenvalue weighted by Crippen LogP contribution is -2.19. The van der Waals surface area contributed by atoms with Gasteiger partial charge in [0.1, 0.15) is 5.82 Å². The first kappa shape index (κ1) is 14.2. The third-order valence-electron chi connectivity index (χ3n) is 3.29.